The molecule has 1 N–H and O–H groups in total. The Labute approximate surface area is 164 Å². The number of para-hydroxylation sites is 2. The second-order valence-electron chi connectivity index (χ2n) is 6.68. The standard InChI is InChI=1S/C22H20N2O3S/c25-22(24-16-6-8-17-7-4-5-11-21(17)24)18-12-14-20(15-13-18)28(26,27)23-19-9-2-1-3-10-19/h1-5,7,9-15,23H,6,8,16H2. The summed E-state index contributed by atoms with van der Waals surface area (Å²) in [6.45, 7) is 0.658. The van der Waals surface area contributed by atoms with Gasteiger partial charge in [-0.15, -0.1) is 0 Å². The van der Waals surface area contributed by atoms with Gasteiger partial charge >= 0.3 is 0 Å². The minimum absolute atomic E-state index is 0.118. The number of benzene rings is 3. The number of rotatable bonds is 4. The number of hydrogen-bond donors (Lipinski definition) is 1. The third kappa shape index (κ3) is 3.64. The SMILES string of the molecule is O=C(c1ccc(S(=O)(=O)Nc2ccccc2)cc1)N1CCCc2ccccc21. The van der Waals surface area contributed by atoms with Crippen LogP contribution in [-0.4, -0.2) is 20.9 Å². The largest absolute Gasteiger partial charge is 0.308 e. The second-order valence-corrected chi connectivity index (χ2v) is 8.37. The van der Waals surface area contributed by atoms with Crippen LogP contribution in [0.25, 0.3) is 0 Å². The van der Waals surface area contributed by atoms with Gasteiger partial charge in [-0.3, -0.25) is 9.52 Å². The molecule has 0 atom stereocenters. The number of nitrogens with zero attached hydrogens (tertiary/aromatic N) is 1. The third-order valence-electron chi connectivity index (χ3n) is 4.79. The summed E-state index contributed by atoms with van der Waals surface area (Å²) < 4.78 is 27.6. The summed E-state index contributed by atoms with van der Waals surface area (Å²) >= 11 is 0. The van der Waals surface area contributed by atoms with Gasteiger partial charge in [-0.05, 0) is 60.9 Å². The lowest BCUT2D eigenvalue weighted by Crippen LogP contribution is -2.35. The van der Waals surface area contributed by atoms with Gasteiger partial charge < -0.3 is 4.90 Å². The van der Waals surface area contributed by atoms with Crippen LogP contribution in [0.5, 0.6) is 0 Å². The highest BCUT2D eigenvalue weighted by atomic mass is 32.2. The summed E-state index contributed by atoms with van der Waals surface area (Å²) in [7, 11) is -3.70. The van der Waals surface area contributed by atoms with Crippen molar-refractivity contribution in [3.8, 4) is 0 Å². The molecule has 0 radical (unpaired) electrons. The molecule has 3 aromatic carbocycles. The highest BCUT2D eigenvalue weighted by Crippen LogP contribution is 2.28. The van der Waals surface area contributed by atoms with Crippen molar-refractivity contribution >= 4 is 27.3 Å². The first-order valence-corrected chi connectivity index (χ1v) is 10.6. The highest BCUT2D eigenvalue weighted by molar-refractivity contribution is 7.92. The molecule has 3 aromatic rings. The number of aryl methyl sites for hydroxylation is 1. The number of fused-ring (bicyclic) bond motifs is 1. The van der Waals surface area contributed by atoms with Crippen LogP contribution in [0.15, 0.2) is 83.8 Å². The molecule has 0 aliphatic carbocycles. The molecule has 142 valence electrons. The quantitative estimate of drug-likeness (QED) is 0.727. The molecule has 28 heavy (non-hydrogen) atoms. The van der Waals surface area contributed by atoms with Gasteiger partial charge in [0.05, 0.1) is 4.90 Å². The molecular weight excluding hydrogens is 372 g/mol. The van der Waals surface area contributed by atoms with Crippen LogP contribution in [0, 0.1) is 0 Å². The Morgan fingerprint density at radius 1 is 0.857 bits per heavy atom. The molecule has 0 saturated heterocycles. The third-order valence-corrected chi connectivity index (χ3v) is 6.19. The van der Waals surface area contributed by atoms with E-state index in [9.17, 15) is 13.2 Å². The van der Waals surface area contributed by atoms with Crippen molar-refractivity contribution in [1.82, 2.24) is 0 Å². The van der Waals surface area contributed by atoms with Crippen LogP contribution in [0.1, 0.15) is 22.3 Å². The molecule has 0 bridgehead atoms. The lowest BCUT2D eigenvalue weighted by atomic mass is 10.0. The van der Waals surface area contributed by atoms with E-state index in [1.807, 2.05) is 30.3 Å². The Kier molecular flexibility index (Phi) is 4.88. The molecule has 1 heterocycles. The van der Waals surface area contributed by atoms with E-state index in [0.29, 0.717) is 17.8 Å². The number of nitrogens with one attached hydrogen (secondary N) is 1. The molecule has 1 amide bonds. The van der Waals surface area contributed by atoms with Gasteiger partial charge in [-0.1, -0.05) is 36.4 Å². The second kappa shape index (κ2) is 7.48. The first-order valence-electron chi connectivity index (χ1n) is 9.12. The van der Waals surface area contributed by atoms with Gasteiger partial charge in [0.2, 0.25) is 0 Å². The van der Waals surface area contributed by atoms with Crippen LogP contribution in [0.2, 0.25) is 0 Å². The van der Waals surface area contributed by atoms with Crippen molar-refractivity contribution in [2.24, 2.45) is 0 Å². The Bertz CT molecular complexity index is 1090. The van der Waals surface area contributed by atoms with Gasteiger partial charge in [0.15, 0.2) is 0 Å². The smallest absolute Gasteiger partial charge is 0.261 e. The van der Waals surface area contributed by atoms with E-state index in [4.69, 9.17) is 0 Å². The number of carbonyl (C=O) groups is 1. The summed E-state index contributed by atoms with van der Waals surface area (Å²) in [5, 5.41) is 0. The zero-order valence-electron chi connectivity index (χ0n) is 15.2. The summed E-state index contributed by atoms with van der Waals surface area (Å²) in [5.41, 5.74) is 3.05. The van der Waals surface area contributed by atoms with Crippen LogP contribution >= 0.6 is 0 Å². The van der Waals surface area contributed by atoms with Crippen molar-refractivity contribution in [3.63, 3.8) is 0 Å². The first-order chi connectivity index (χ1) is 13.5. The minimum Gasteiger partial charge on any atom is -0.308 e. The maximum atomic E-state index is 13.0. The fourth-order valence-corrected chi connectivity index (χ4v) is 4.46. The molecule has 0 spiro atoms. The topological polar surface area (TPSA) is 66.5 Å². The molecule has 5 nitrogen and oxygen atoms in total. The van der Waals surface area contributed by atoms with Gasteiger partial charge in [-0.25, -0.2) is 8.42 Å². The molecule has 6 heteroatoms. The summed E-state index contributed by atoms with van der Waals surface area (Å²) in [6.07, 6.45) is 1.87. The Balaban J connectivity index is 1.56. The Morgan fingerprint density at radius 3 is 2.29 bits per heavy atom. The zero-order chi connectivity index (χ0) is 19.6. The molecule has 0 aromatic heterocycles. The van der Waals surface area contributed by atoms with Crippen LogP contribution < -0.4 is 9.62 Å². The molecular formula is C22H20N2O3S. The average molecular weight is 392 g/mol. The normalized spacial score (nSPS) is 13.6. The van der Waals surface area contributed by atoms with E-state index in [-0.39, 0.29) is 10.8 Å². The molecule has 1 aliphatic heterocycles. The molecule has 0 fully saturated rings. The fraction of sp³-hybridized carbons (Fsp3) is 0.136. The van der Waals surface area contributed by atoms with E-state index in [0.717, 1.165) is 24.1 Å². The van der Waals surface area contributed by atoms with Gasteiger partial charge in [0.1, 0.15) is 0 Å². The lowest BCUT2D eigenvalue weighted by Gasteiger charge is -2.29. The monoisotopic (exact) mass is 392 g/mol. The Hall–Kier alpha value is -3.12. The maximum Gasteiger partial charge on any atom is 0.261 e. The number of hydrogen-bond acceptors (Lipinski definition) is 3. The van der Waals surface area contributed by atoms with E-state index in [2.05, 4.69) is 4.72 Å². The highest BCUT2D eigenvalue weighted by Gasteiger charge is 2.23. The van der Waals surface area contributed by atoms with E-state index >= 15 is 0 Å². The minimum atomic E-state index is -3.70. The van der Waals surface area contributed by atoms with Crippen molar-refractivity contribution < 1.29 is 13.2 Å². The van der Waals surface area contributed by atoms with Gasteiger partial charge in [-0.2, -0.15) is 0 Å². The van der Waals surface area contributed by atoms with E-state index in [1.165, 1.54) is 12.1 Å². The predicted molar refractivity (Wildman–Crippen MR) is 110 cm³/mol. The number of amides is 1. The number of sulfonamides is 1. The number of anilines is 2. The lowest BCUT2D eigenvalue weighted by molar-refractivity contribution is 0.0985. The fourth-order valence-electron chi connectivity index (χ4n) is 3.40. The average Bonchev–Trinajstić information content (AvgIpc) is 2.73. The van der Waals surface area contributed by atoms with Gasteiger partial charge in [0, 0.05) is 23.5 Å². The van der Waals surface area contributed by atoms with E-state index < -0.39 is 10.0 Å². The van der Waals surface area contributed by atoms with Crippen LogP contribution in [0.4, 0.5) is 11.4 Å². The molecule has 0 unspecified atom stereocenters. The van der Waals surface area contributed by atoms with Crippen LogP contribution in [-0.2, 0) is 16.4 Å². The van der Waals surface area contributed by atoms with Crippen molar-refractivity contribution in [3.05, 3.63) is 90.0 Å². The summed E-state index contributed by atoms with van der Waals surface area (Å²) in [5.74, 6) is -0.118. The van der Waals surface area contributed by atoms with Gasteiger partial charge in [0.25, 0.3) is 15.9 Å². The first kappa shape index (κ1) is 18.3. The number of carbonyl (C=O) groups excluding carboxylic acids is 1. The van der Waals surface area contributed by atoms with Crippen molar-refractivity contribution in [2.45, 2.75) is 17.7 Å². The van der Waals surface area contributed by atoms with E-state index in [1.54, 1.807) is 41.3 Å². The zero-order valence-corrected chi connectivity index (χ0v) is 16.0. The van der Waals surface area contributed by atoms with Crippen LogP contribution in [0.3, 0.4) is 0 Å². The Morgan fingerprint density at radius 2 is 1.54 bits per heavy atom. The van der Waals surface area contributed by atoms with Crippen molar-refractivity contribution in [2.75, 3.05) is 16.2 Å². The maximum absolute atomic E-state index is 13.0. The predicted octanol–water partition coefficient (Wildman–Crippen LogP) is 4.08. The molecule has 4 rings (SSSR count). The molecule has 1 aliphatic rings. The molecule has 0 saturated carbocycles. The summed E-state index contributed by atoms with van der Waals surface area (Å²) in [4.78, 5) is 14.9. The van der Waals surface area contributed by atoms with Crippen molar-refractivity contribution in [1.29, 1.82) is 0 Å². The summed E-state index contributed by atoms with van der Waals surface area (Å²) in [6, 6.07) is 22.7.